The van der Waals surface area contributed by atoms with E-state index in [2.05, 4.69) is 5.32 Å². The van der Waals surface area contributed by atoms with E-state index in [4.69, 9.17) is 0 Å². The summed E-state index contributed by atoms with van der Waals surface area (Å²) in [5, 5.41) is 2.60. The molecule has 0 unspecified atom stereocenters. The van der Waals surface area contributed by atoms with Gasteiger partial charge in [0.25, 0.3) is 11.7 Å². The molecule has 0 spiro atoms. The fraction of sp³-hybridized carbons (Fsp3) is 0.118. The SMILES string of the molecule is C[C@H](C(=O)Nc1ccc(F)cc1)N1C(=O)C(=O)c2ccccc21. The third kappa shape index (κ3) is 2.59. The summed E-state index contributed by atoms with van der Waals surface area (Å²) in [6, 6.07) is 11.0. The number of anilines is 2. The summed E-state index contributed by atoms with van der Waals surface area (Å²) in [4.78, 5) is 37.6. The summed E-state index contributed by atoms with van der Waals surface area (Å²) in [5.41, 5.74) is 1.12. The lowest BCUT2D eigenvalue weighted by Crippen LogP contribution is -2.45. The van der Waals surface area contributed by atoms with Crippen LogP contribution in [0.5, 0.6) is 0 Å². The van der Waals surface area contributed by atoms with Gasteiger partial charge in [0, 0.05) is 5.69 Å². The lowest BCUT2D eigenvalue weighted by molar-refractivity contribution is -0.120. The van der Waals surface area contributed by atoms with Crippen molar-refractivity contribution in [3.8, 4) is 0 Å². The molecule has 2 amide bonds. The average Bonchev–Trinajstić information content (AvgIpc) is 2.81. The van der Waals surface area contributed by atoms with Crippen LogP contribution in [0.25, 0.3) is 0 Å². The van der Waals surface area contributed by atoms with Gasteiger partial charge in [-0.25, -0.2) is 4.39 Å². The minimum Gasteiger partial charge on any atom is -0.324 e. The zero-order valence-corrected chi connectivity index (χ0v) is 12.2. The Morgan fingerprint density at radius 1 is 1.09 bits per heavy atom. The van der Waals surface area contributed by atoms with Crippen molar-refractivity contribution >= 4 is 29.0 Å². The van der Waals surface area contributed by atoms with Crippen LogP contribution >= 0.6 is 0 Å². The zero-order chi connectivity index (χ0) is 16.6. The van der Waals surface area contributed by atoms with Crippen LogP contribution in [0.3, 0.4) is 0 Å². The summed E-state index contributed by atoms with van der Waals surface area (Å²) >= 11 is 0. The third-order valence-corrected chi connectivity index (χ3v) is 3.70. The maximum Gasteiger partial charge on any atom is 0.300 e. The van der Waals surface area contributed by atoms with E-state index in [1.54, 1.807) is 24.3 Å². The molecule has 0 fully saturated rings. The van der Waals surface area contributed by atoms with Gasteiger partial charge in [0.05, 0.1) is 11.3 Å². The van der Waals surface area contributed by atoms with Crippen molar-refractivity contribution in [2.45, 2.75) is 13.0 Å². The van der Waals surface area contributed by atoms with E-state index in [1.807, 2.05) is 0 Å². The first-order valence-electron chi connectivity index (χ1n) is 7.02. The second-order valence-corrected chi connectivity index (χ2v) is 5.19. The van der Waals surface area contributed by atoms with Crippen LogP contribution in [0, 0.1) is 5.82 Å². The molecule has 5 nitrogen and oxygen atoms in total. The maximum atomic E-state index is 12.9. The van der Waals surface area contributed by atoms with Crippen LogP contribution in [0.15, 0.2) is 48.5 Å². The van der Waals surface area contributed by atoms with Gasteiger partial charge in [-0.15, -0.1) is 0 Å². The van der Waals surface area contributed by atoms with E-state index < -0.39 is 29.5 Å². The molecule has 3 rings (SSSR count). The van der Waals surface area contributed by atoms with E-state index in [9.17, 15) is 18.8 Å². The molecule has 1 atom stereocenters. The van der Waals surface area contributed by atoms with E-state index in [0.29, 0.717) is 16.9 Å². The highest BCUT2D eigenvalue weighted by Crippen LogP contribution is 2.30. The molecular weight excluding hydrogens is 299 g/mol. The number of hydrogen-bond donors (Lipinski definition) is 1. The molecule has 0 saturated heterocycles. The van der Waals surface area contributed by atoms with Gasteiger partial charge in [0.15, 0.2) is 0 Å². The first kappa shape index (κ1) is 14.9. The molecule has 6 heteroatoms. The molecule has 0 aliphatic carbocycles. The Labute approximate surface area is 131 Å². The normalized spacial score (nSPS) is 14.6. The number of fused-ring (bicyclic) bond motifs is 1. The number of nitrogens with one attached hydrogen (secondary N) is 1. The predicted molar refractivity (Wildman–Crippen MR) is 82.8 cm³/mol. The molecular formula is C17H13FN2O3. The van der Waals surface area contributed by atoms with E-state index >= 15 is 0 Å². The molecule has 23 heavy (non-hydrogen) atoms. The largest absolute Gasteiger partial charge is 0.324 e. The Balaban J connectivity index is 1.84. The number of hydrogen-bond acceptors (Lipinski definition) is 3. The van der Waals surface area contributed by atoms with Crippen LogP contribution in [0.4, 0.5) is 15.8 Å². The first-order chi connectivity index (χ1) is 11.0. The van der Waals surface area contributed by atoms with Gasteiger partial charge in [0.2, 0.25) is 5.91 Å². The number of carbonyl (C=O) groups is 3. The lowest BCUT2D eigenvalue weighted by Gasteiger charge is -2.23. The molecule has 1 aliphatic heterocycles. The summed E-state index contributed by atoms with van der Waals surface area (Å²) in [6.45, 7) is 1.53. The number of para-hydroxylation sites is 1. The quantitative estimate of drug-likeness (QED) is 0.885. The van der Waals surface area contributed by atoms with Crippen molar-refractivity contribution in [2.24, 2.45) is 0 Å². The predicted octanol–water partition coefficient (Wildman–Crippen LogP) is 2.38. The molecule has 2 aromatic rings. The van der Waals surface area contributed by atoms with E-state index in [0.717, 1.165) is 0 Å². The van der Waals surface area contributed by atoms with Gasteiger partial charge >= 0.3 is 0 Å². The zero-order valence-electron chi connectivity index (χ0n) is 12.2. The standard InChI is InChI=1S/C17H13FN2O3/c1-10(16(22)19-12-8-6-11(18)7-9-12)20-14-5-3-2-4-13(14)15(21)17(20)23/h2-10H,1H3,(H,19,22)/t10-/m1/s1. The molecule has 2 aromatic carbocycles. The number of ketones is 1. The monoisotopic (exact) mass is 312 g/mol. The fourth-order valence-electron chi connectivity index (χ4n) is 2.49. The summed E-state index contributed by atoms with van der Waals surface area (Å²) in [7, 11) is 0. The minimum atomic E-state index is -0.875. The summed E-state index contributed by atoms with van der Waals surface area (Å²) < 4.78 is 12.9. The number of carbonyl (C=O) groups excluding carboxylic acids is 3. The molecule has 116 valence electrons. The molecule has 0 aromatic heterocycles. The number of rotatable bonds is 3. The van der Waals surface area contributed by atoms with Gasteiger partial charge in [-0.05, 0) is 43.3 Å². The smallest absolute Gasteiger partial charge is 0.300 e. The van der Waals surface area contributed by atoms with E-state index in [-0.39, 0.29) is 0 Å². The second-order valence-electron chi connectivity index (χ2n) is 5.19. The van der Waals surface area contributed by atoms with Crippen molar-refractivity contribution in [1.82, 2.24) is 0 Å². The topological polar surface area (TPSA) is 66.5 Å². The van der Waals surface area contributed by atoms with Gasteiger partial charge in [-0.3, -0.25) is 19.3 Å². The Bertz CT molecular complexity index is 802. The van der Waals surface area contributed by atoms with Crippen LogP contribution in [-0.2, 0) is 9.59 Å². The first-order valence-corrected chi connectivity index (χ1v) is 7.02. The highest BCUT2D eigenvalue weighted by molar-refractivity contribution is 6.52. The lowest BCUT2D eigenvalue weighted by atomic mass is 10.1. The summed E-state index contributed by atoms with van der Waals surface area (Å²) in [6.07, 6.45) is 0. The highest BCUT2D eigenvalue weighted by atomic mass is 19.1. The Morgan fingerprint density at radius 2 is 1.74 bits per heavy atom. The van der Waals surface area contributed by atoms with Gasteiger partial charge in [-0.2, -0.15) is 0 Å². The fourth-order valence-corrected chi connectivity index (χ4v) is 2.49. The van der Waals surface area contributed by atoms with Crippen molar-refractivity contribution in [2.75, 3.05) is 10.2 Å². The van der Waals surface area contributed by atoms with Crippen molar-refractivity contribution in [3.63, 3.8) is 0 Å². The Morgan fingerprint density at radius 3 is 2.43 bits per heavy atom. The van der Waals surface area contributed by atoms with Crippen molar-refractivity contribution in [3.05, 3.63) is 59.9 Å². The second kappa shape index (κ2) is 5.64. The Hall–Kier alpha value is -3.02. The molecule has 0 radical (unpaired) electrons. The van der Waals surface area contributed by atoms with Crippen LogP contribution in [0.2, 0.25) is 0 Å². The molecule has 0 bridgehead atoms. The number of nitrogens with zero attached hydrogens (tertiary/aromatic N) is 1. The molecule has 0 saturated carbocycles. The van der Waals surface area contributed by atoms with Crippen molar-refractivity contribution in [1.29, 1.82) is 0 Å². The Kier molecular flexibility index (Phi) is 3.65. The van der Waals surface area contributed by atoms with Gasteiger partial charge in [-0.1, -0.05) is 12.1 Å². The third-order valence-electron chi connectivity index (χ3n) is 3.70. The van der Waals surface area contributed by atoms with Crippen LogP contribution < -0.4 is 10.2 Å². The van der Waals surface area contributed by atoms with Crippen LogP contribution in [0.1, 0.15) is 17.3 Å². The number of benzene rings is 2. The number of Topliss-reactive ketones (excluding diaryl/α,β-unsaturated/α-hetero) is 1. The molecule has 1 N–H and O–H groups in total. The number of amides is 2. The average molecular weight is 312 g/mol. The number of halogens is 1. The van der Waals surface area contributed by atoms with Crippen LogP contribution in [-0.4, -0.2) is 23.6 Å². The van der Waals surface area contributed by atoms with E-state index in [1.165, 1.54) is 36.1 Å². The molecule has 1 aliphatic rings. The van der Waals surface area contributed by atoms with Gasteiger partial charge < -0.3 is 5.32 Å². The highest BCUT2D eigenvalue weighted by Gasteiger charge is 2.40. The maximum absolute atomic E-state index is 12.9. The van der Waals surface area contributed by atoms with Crippen molar-refractivity contribution < 1.29 is 18.8 Å². The minimum absolute atomic E-state index is 0.291. The van der Waals surface area contributed by atoms with Gasteiger partial charge in [0.1, 0.15) is 11.9 Å². The summed E-state index contributed by atoms with van der Waals surface area (Å²) in [5.74, 6) is -2.23. The molecule has 1 heterocycles.